The predicted molar refractivity (Wildman–Crippen MR) is 93.0 cm³/mol. The smallest absolute Gasteiger partial charge is 0.265 e. The van der Waals surface area contributed by atoms with Gasteiger partial charge in [-0.3, -0.25) is 4.79 Å². The zero-order chi connectivity index (χ0) is 15.9. The molecule has 22 heavy (non-hydrogen) atoms. The van der Waals surface area contributed by atoms with E-state index >= 15 is 0 Å². The third-order valence-corrected chi connectivity index (χ3v) is 4.04. The van der Waals surface area contributed by atoms with Gasteiger partial charge in [-0.2, -0.15) is 0 Å². The lowest BCUT2D eigenvalue weighted by Crippen LogP contribution is -2.32. The number of thioether (sulfide) groups is 1. The van der Waals surface area contributed by atoms with Gasteiger partial charge in [0.15, 0.2) is 6.10 Å². The normalized spacial score (nSPS) is 11.8. The molecule has 5 heteroatoms. The Labute approximate surface area is 140 Å². The fourth-order valence-electron chi connectivity index (χ4n) is 1.95. The molecule has 0 aliphatic heterocycles. The van der Waals surface area contributed by atoms with Crippen molar-refractivity contribution in [2.24, 2.45) is 0 Å². The van der Waals surface area contributed by atoms with Crippen molar-refractivity contribution in [1.82, 2.24) is 0 Å². The number of benzene rings is 2. The molecule has 0 aliphatic rings. The molecule has 0 unspecified atom stereocenters. The first-order valence-electron chi connectivity index (χ1n) is 6.99. The Bertz CT molecular complexity index is 648. The lowest BCUT2D eigenvalue weighted by atomic mass is 10.2. The van der Waals surface area contributed by atoms with Crippen LogP contribution >= 0.6 is 23.4 Å². The average molecular weight is 336 g/mol. The molecular weight excluding hydrogens is 318 g/mol. The van der Waals surface area contributed by atoms with Crippen molar-refractivity contribution in [3.05, 3.63) is 53.6 Å². The molecule has 0 fully saturated rings. The Morgan fingerprint density at radius 3 is 2.73 bits per heavy atom. The first-order chi connectivity index (χ1) is 10.6. The monoisotopic (exact) mass is 335 g/mol. The maximum absolute atomic E-state index is 12.4. The summed E-state index contributed by atoms with van der Waals surface area (Å²) < 4.78 is 5.73. The summed E-state index contributed by atoms with van der Waals surface area (Å²) in [4.78, 5) is 13.5. The second-order valence-electron chi connectivity index (χ2n) is 4.69. The van der Waals surface area contributed by atoms with Gasteiger partial charge in [-0.25, -0.2) is 0 Å². The van der Waals surface area contributed by atoms with Gasteiger partial charge in [0, 0.05) is 15.6 Å². The molecule has 0 aromatic heterocycles. The highest BCUT2D eigenvalue weighted by molar-refractivity contribution is 7.98. The molecule has 0 heterocycles. The predicted octanol–water partition coefficient (Wildman–Crippen LogP) is 4.86. The second kappa shape index (κ2) is 8.11. The van der Waals surface area contributed by atoms with Crippen LogP contribution in [0, 0.1) is 0 Å². The summed E-state index contributed by atoms with van der Waals surface area (Å²) in [7, 11) is 0. The van der Waals surface area contributed by atoms with Gasteiger partial charge in [0.25, 0.3) is 5.91 Å². The number of carbonyl (C=O) groups is 1. The fraction of sp³-hybridized carbons (Fsp3) is 0.235. The highest BCUT2D eigenvalue weighted by Crippen LogP contribution is 2.21. The van der Waals surface area contributed by atoms with Crippen LogP contribution < -0.4 is 10.1 Å². The van der Waals surface area contributed by atoms with Crippen LogP contribution in [0.3, 0.4) is 0 Å². The topological polar surface area (TPSA) is 38.3 Å². The molecule has 2 aromatic rings. The minimum Gasteiger partial charge on any atom is -0.481 e. The summed E-state index contributed by atoms with van der Waals surface area (Å²) in [5, 5.41) is 3.48. The van der Waals surface area contributed by atoms with E-state index in [-0.39, 0.29) is 5.91 Å². The SMILES string of the molecule is CC[C@H](Oc1cccc(Cl)c1)C(=O)Nc1cccc(SC)c1. The molecule has 0 saturated carbocycles. The maximum Gasteiger partial charge on any atom is 0.265 e. The van der Waals surface area contributed by atoms with Crippen LogP contribution in [0.5, 0.6) is 5.75 Å². The van der Waals surface area contributed by atoms with Crippen molar-refractivity contribution in [1.29, 1.82) is 0 Å². The van der Waals surface area contributed by atoms with E-state index in [1.165, 1.54) is 0 Å². The van der Waals surface area contributed by atoms with Crippen molar-refractivity contribution >= 4 is 35.0 Å². The Kier molecular flexibility index (Phi) is 6.16. The molecule has 0 spiro atoms. The van der Waals surface area contributed by atoms with Gasteiger partial charge in [0.05, 0.1) is 0 Å². The summed E-state index contributed by atoms with van der Waals surface area (Å²) in [6.07, 6.45) is 2.01. The summed E-state index contributed by atoms with van der Waals surface area (Å²) in [5.74, 6) is 0.424. The standard InChI is InChI=1S/C17H18ClNO2S/c1-3-16(21-14-8-4-6-12(18)10-14)17(20)19-13-7-5-9-15(11-13)22-2/h4-11,16H,3H2,1-2H3,(H,19,20)/t16-/m0/s1. The number of hydrogen-bond acceptors (Lipinski definition) is 3. The van der Waals surface area contributed by atoms with Gasteiger partial charge in [0.2, 0.25) is 0 Å². The number of anilines is 1. The van der Waals surface area contributed by atoms with Crippen LogP contribution in [0.4, 0.5) is 5.69 Å². The Morgan fingerprint density at radius 1 is 1.27 bits per heavy atom. The minimum absolute atomic E-state index is 0.166. The van der Waals surface area contributed by atoms with Crippen LogP contribution in [0.1, 0.15) is 13.3 Å². The van der Waals surface area contributed by atoms with Crippen LogP contribution in [-0.4, -0.2) is 18.3 Å². The number of amides is 1. The van der Waals surface area contributed by atoms with Crippen molar-refractivity contribution in [2.75, 3.05) is 11.6 Å². The number of ether oxygens (including phenoxy) is 1. The molecule has 1 atom stereocenters. The molecule has 2 rings (SSSR count). The van der Waals surface area contributed by atoms with Crippen molar-refractivity contribution in [3.63, 3.8) is 0 Å². The number of rotatable bonds is 6. The van der Waals surface area contributed by atoms with E-state index in [1.54, 1.807) is 36.0 Å². The van der Waals surface area contributed by atoms with Gasteiger partial charge in [-0.15, -0.1) is 11.8 Å². The van der Waals surface area contributed by atoms with Crippen LogP contribution in [-0.2, 0) is 4.79 Å². The minimum atomic E-state index is -0.559. The van der Waals surface area contributed by atoms with Crippen molar-refractivity contribution in [2.45, 2.75) is 24.3 Å². The second-order valence-corrected chi connectivity index (χ2v) is 6.01. The fourth-order valence-corrected chi connectivity index (χ4v) is 2.59. The Hall–Kier alpha value is -1.65. The quantitative estimate of drug-likeness (QED) is 0.766. The third-order valence-electron chi connectivity index (χ3n) is 3.07. The number of nitrogens with one attached hydrogen (secondary N) is 1. The highest BCUT2D eigenvalue weighted by Gasteiger charge is 2.18. The van der Waals surface area contributed by atoms with Gasteiger partial charge in [-0.1, -0.05) is 30.7 Å². The van der Waals surface area contributed by atoms with E-state index in [2.05, 4.69) is 5.32 Å². The molecular formula is C17H18ClNO2S. The first-order valence-corrected chi connectivity index (χ1v) is 8.59. The molecule has 1 N–H and O–H groups in total. The van der Waals surface area contributed by atoms with E-state index in [1.807, 2.05) is 37.4 Å². The van der Waals surface area contributed by atoms with E-state index in [4.69, 9.17) is 16.3 Å². The van der Waals surface area contributed by atoms with Crippen LogP contribution in [0.15, 0.2) is 53.4 Å². The van der Waals surface area contributed by atoms with Crippen molar-refractivity contribution < 1.29 is 9.53 Å². The third kappa shape index (κ3) is 4.68. The molecule has 3 nitrogen and oxygen atoms in total. The zero-order valence-corrected chi connectivity index (χ0v) is 14.1. The van der Waals surface area contributed by atoms with Gasteiger partial charge >= 0.3 is 0 Å². The lowest BCUT2D eigenvalue weighted by Gasteiger charge is -2.17. The number of halogens is 1. The largest absolute Gasteiger partial charge is 0.481 e. The zero-order valence-electron chi connectivity index (χ0n) is 12.5. The highest BCUT2D eigenvalue weighted by atomic mass is 35.5. The van der Waals surface area contributed by atoms with Gasteiger partial charge in [0.1, 0.15) is 5.75 Å². The molecule has 116 valence electrons. The Morgan fingerprint density at radius 2 is 2.05 bits per heavy atom. The van der Waals surface area contributed by atoms with Crippen LogP contribution in [0.2, 0.25) is 5.02 Å². The average Bonchev–Trinajstić information content (AvgIpc) is 2.52. The van der Waals surface area contributed by atoms with Crippen molar-refractivity contribution in [3.8, 4) is 5.75 Å². The Balaban J connectivity index is 2.05. The molecule has 0 bridgehead atoms. The van der Waals surface area contributed by atoms with Gasteiger partial charge < -0.3 is 10.1 Å². The van der Waals surface area contributed by atoms with E-state index in [0.717, 1.165) is 10.6 Å². The molecule has 2 aromatic carbocycles. The molecule has 0 saturated heterocycles. The summed E-state index contributed by atoms with van der Waals surface area (Å²) in [5.41, 5.74) is 0.769. The summed E-state index contributed by atoms with van der Waals surface area (Å²) >= 11 is 7.56. The van der Waals surface area contributed by atoms with Crippen LogP contribution in [0.25, 0.3) is 0 Å². The van der Waals surface area contributed by atoms with E-state index in [9.17, 15) is 4.79 Å². The molecule has 0 aliphatic carbocycles. The lowest BCUT2D eigenvalue weighted by molar-refractivity contribution is -0.122. The maximum atomic E-state index is 12.4. The number of hydrogen-bond donors (Lipinski definition) is 1. The van der Waals surface area contributed by atoms with Gasteiger partial charge in [-0.05, 0) is 49.1 Å². The summed E-state index contributed by atoms with van der Waals surface area (Å²) in [6.45, 7) is 1.91. The number of carbonyl (C=O) groups excluding carboxylic acids is 1. The van der Waals surface area contributed by atoms with E-state index in [0.29, 0.717) is 17.2 Å². The first kappa shape index (κ1) is 16.7. The molecule has 1 amide bonds. The van der Waals surface area contributed by atoms with E-state index < -0.39 is 6.10 Å². The summed E-state index contributed by atoms with van der Waals surface area (Å²) in [6, 6.07) is 14.8. The molecule has 0 radical (unpaired) electrons.